The summed E-state index contributed by atoms with van der Waals surface area (Å²) in [4.78, 5) is 10.5. The van der Waals surface area contributed by atoms with E-state index in [0.29, 0.717) is 6.07 Å². The molecule has 0 atom stereocenters. The fourth-order valence-electron chi connectivity index (χ4n) is 1.13. The molecule has 0 radical (unpaired) electrons. The smallest absolute Gasteiger partial charge is 0.255 e. The van der Waals surface area contributed by atoms with Gasteiger partial charge in [-0.25, -0.2) is 26.7 Å². The maximum Gasteiger partial charge on any atom is 0.255 e. The van der Waals surface area contributed by atoms with Gasteiger partial charge in [-0.05, 0) is 18.2 Å². The van der Waals surface area contributed by atoms with Crippen LogP contribution in [-0.4, -0.2) is 27.3 Å². The minimum Gasteiger partial charge on any atom is -0.346 e. The lowest BCUT2D eigenvalue weighted by Gasteiger charge is -2.06. The van der Waals surface area contributed by atoms with Crippen molar-refractivity contribution in [1.29, 1.82) is 0 Å². The van der Waals surface area contributed by atoms with Gasteiger partial charge in [-0.15, -0.1) is 0 Å². The van der Waals surface area contributed by atoms with Crippen molar-refractivity contribution in [2.24, 2.45) is 5.14 Å². The van der Waals surface area contributed by atoms with Gasteiger partial charge >= 0.3 is 0 Å². The third-order valence-electron chi connectivity index (χ3n) is 1.92. The molecule has 1 rings (SSSR count). The van der Waals surface area contributed by atoms with Gasteiger partial charge in [0.25, 0.3) is 12.3 Å². The van der Waals surface area contributed by atoms with Gasteiger partial charge in [-0.3, -0.25) is 4.79 Å². The van der Waals surface area contributed by atoms with E-state index in [1.807, 2.05) is 5.32 Å². The van der Waals surface area contributed by atoms with E-state index in [1.165, 1.54) is 0 Å². The summed E-state index contributed by atoms with van der Waals surface area (Å²) in [5.41, 5.74) is -0.277. The number of rotatable bonds is 4. The van der Waals surface area contributed by atoms with E-state index in [4.69, 9.17) is 5.14 Å². The van der Waals surface area contributed by atoms with Crippen molar-refractivity contribution < 1.29 is 26.4 Å². The van der Waals surface area contributed by atoms with E-state index in [0.717, 1.165) is 12.1 Å². The number of carbonyl (C=O) groups excluding carboxylic acids is 1. The first-order chi connectivity index (χ1) is 8.21. The van der Waals surface area contributed by atoms with Crippen LogP contribution < -0.4 is 10.5 Å². The number of amides is 1. The Labute approximate surface area is 101 Å². The molecule has 100 valence electrons. The summed E-state index contributed by atoms with van der Waals surface area (Å²) in [7, 11) is -4.32. The lowest BCUT2D eigenvalue weighted by atomic mass is 10.2. The largest absolute Gasteiger partial charge is 0.346 e. The molecule has 0 fully saturated rings. The van der Waals surface area contributed by atoms with E-state index in [2.05, 4.69) is 0 Å². The molecule has 1 aromatic carbocycles. The maximum absolute atomic E-state index is 13.1. The maximum atomic E-state index is 13.1. The van der Waals surface area contributed by atoms with Crippen LogP contribution in [0.15, 0.2) is 23.1 Å². The third-order valence-corrected chi connectivity index (χ3v) is 2.84. The molecule has 0 spiro atoms. The number of alkyl halides is 2. The minimum atomic E-state index is -4.32. The standard InChI is InChI=1S/C9H9F3N2O3S/c10-6-2-1-5(3-7(6)18(13,16)17)9(15)14-4-8(11)12/h1-3,8H,4H2,(H,14,15)(H2,13,16,17). The van der Waals surface area contributed by atoms with Gasteiger partial charge in [0.2, 0.25) is 10.0 Å². The molecule has 5 nitrogen and oxygen atoms in total. The topological polar surface area (TPSA) is 89.3 Å². The highest BCUT2D eigenvalue weighted by atomic mass is 32.2. The van der Waals surface area contributed by atoms with Crippen molar-refractivity contribution in [3.05, 3.63) is 29.6 Å². The molecule has 0 aromatic heterocycles. The van der Waals surface area contributed by atoms with Crippen LogP contribution in [0.4, 0.5) is 13.2 Å². The average Bonchev–Trinajstić information content (AvgIpc) is 2.24. The van der Waals surface area contributed by atoms with Crippen molar-refractivity contribution in [2.75, 3.05) is 6.54 Å². The number of hydrogen-bond donors (Lipinski definition) is 2. The number of halogens is 3. The Balaban J connectivity index is 3.02. The highest BCUT2D eigenvalue weighted by Crippen LogP contribution is 2.14. The van der Waals surface area contributed by atoms with Crippen molar-refractivity contribution in [3.8, 4) is 0 Å². The SMILES string of the molecule is NS(=O)(=O)c1cc(C(=O)NCC(F)F)ccc1F. The van der Waals surface area contributed by atoms with Gasteiger partial charge in [-0.1, -0.05) is 0 Å². The fourth-order valence-corrected chi connectivity index (χ4v) is 1.77. The van der Waals surface area contributed by atoms with E-state index in [-0.39, 0.29) is 5.56 Å². The van der Waals surface area contributed by atoms with E-state index >= 15 is 0 Å². The molecule has 9 heteroatoms. The van der Waals surface area contributed by atoms with Crippen LogP contribution in [0.25, 0.3) is 0 Å². The van der Waals surface area contributed by atoms with Crippen LogP contribution in [0.1, 0.15) is 10.4 Å². The summed E-state index contributed by atoms with van der Waals surface area (Å²) in [6, 6.07) is 2.37. The predicted molar refractivity (Wildman–Crippen MR) is 56.1 cm³/mol. The molecule has 18 heavy (non-hydrogen) atoms. The van der Waals surface area contributed by atoms with E-state index in [1.54, 1.807) is 0 Å². The predicted octanol–water partition coefficient (Wildman–Crippen LogP) is 0.468. The first kappa shape index (κ1) is 14.5. The molecule has 0 heterocycles. The number of carbonyl (C=O) groups is 1. The second-order valence-corrected chi connectivity index (χ2v) is 4.82. The quantitative estimate of drug-likeness (QED) is 0.841. The Hall–Kier alpha value is -1.61. The normalized spacial score (nSPS) is 11.6. The Morgan fingerprint density at radius 1 is 1.39 bits per heavy atom. The van der Waals surface area contributed by atoms with Gasteiger partial charge in [0.15, 0.2) is 0 Å². The Morgan fingerprint density at radius 2 is 2.00 bits per heavy atom. The van der Waals surface area contributed by atoms with Crippen LogP contribution in [0.3, 0.4) is 0 Å². The monoisotopic (exact) mass is 282 g/mol. The number of primary sulfonamides is 1. The molecule has 0 unspecified atom stereocenters. The van der Waals surface area contributed by atoms with Crippen LogP contribution in [-0.2, 0) is 10.0 Å². The third kappa shape index (κ3) is 3.70. The number of sulfonamides is 1. The molecule has 0 aliphatic heterocycles. The zero-order valence-corrected chi connectivity index (χ0v) is 9.68. The molecule has 0 saturated heterocycles. The van der Waals surface area contributed by atoms with Crippen molar-refractivity contribution >= 4 is 15.9 Å². The zero-order valence-electron chi connectivity index (χ0n) is 8.86. The number of hydrogen-bond acceptors (Lipinski definition) is 3. The summed E-state index contributed by atoms with van der Waals surface area (Å²) >= 11 is 0. The van der Waals surface area contributed by atoms with Crippen molar-refractivity contribution in [1.82, 2.24) is 5.32 Å². The van der Waals surface area contributed by atoms with Gasteiger partial charge in [0.05, 0.1) is 6.54 Å². The lowest BCUT2D eigenvalue weighted by Crippen LogP contribution is -2.28. The number of nitrogens with one attached hydrogen (secondary N) is 1. The fraction of sp³-hybridized carbons (Fsp3) is 0.222. The molecule has 0 aliphatic carbocycles. The summed E-state index contributed by atoms with van der Waals surface area (Å²) in [5.74, 6) is -2.07. The second kappa shape index (κ2) is 5.36. The van der Waals surface area contributed by atoms with Crippen LogP contribution in [0.5, 0.6) is 0 Å². The highest BCUT2D eigenvalue weighted by Gasteiger charge is 2.17. The molecule has 3 N–H and O–H groups in total. The average molecular weight is 282 g/mol. The molecular weight excluding hydrogens is 273 g/mol. The van der Waals surface area contributed by atoms with Crippen LogP contribution in [0, 0.1) is 5.82 Å². The van der Waals surface area contributed by atoms with Gasteiger partial charge < -0.3 is 5.32 Å². The summed E-state index contributed by atoms with van der Waals surface area (Å²) < 4.78 is 58.8. The molecule has 0 bridgehead atoms. The second-order valence-electron chi connectivity index (χ2n) is 3.29. The van der Waals surface area contributed by atoms with Gasteiger partial charge in [0, 0.05) is 5.56 Å². The molecule has 1 amide bonds. The van der Waals surface area contributed by atoms with Crippen molar-refractivity contribution in [2.45, 2.75) is 11.3 Å². The first-order valence-electron chi connectivity index (χ1n) is 4.60. The molecule has 0 aliphatic rings. The first-order valence-corrected chi connectivity index (χ1v) is 6.15. The summed E-state index contributed by atoms with van der Waals surface area (Å²) in [5, 5.41) is 6.58. The van der Waals surface area contributed by atoms with E-state index in [9.17, 15) is 26.4 Å². The van der Waals surface area contributed by atoms with E-state index < -0.39 is 39.6 Å². The molecular formula is C9H9F3N2O3S. The minimum absolute atomic E-state index is 0.277. The number of benzene rings is 1. The molecule has 1 aromatic rings. The zero-order chi connectivity index (χ0) is 13.9. The van der Waals surface area contributed by atoms with Crippen LogP contribution >= 0.6 is 0 Å². The van der Waals surface area contributed by atoms with Gasteiger partial charge in [0.1, 0.15) is 10.7 Å². The summed E-state index contributed by atoms with van der Waals surface area (Å²) in [6.07, 6.45) is -2.74. The number of nitrogens with two attached hydrogens (primary N) is 1. The lowest BCUT2D eigenvalue weighted by molar-refractivity contribution is 0.0891. The van der Waals surface area contributed by atoms with Crippen LogP contribution in [0.2, 0.25) is 0 Å². The summed E-state index contributed by atoms with van der Waals surface area (Å²) in [6.45, 7) is -0.888. The van der Waals surface area contributed by atoms with Crippen molar-refractivity contribution in [3.63, 3.8) is 0 Å². The Bertz CT molecular complexity index is 560. The highest BCUT2D eigenvalue weighted by molar-refractivity contribution is 7.89. The Kier molecular flexibility index (Phi) is 4.30. The Morgan fingerprint density at radius 3 is 2.50 bits per heavy atom. The van der Waals surface area contributed by atoms with Gasteiger partial charge in [-0.2, -0.15) is 0 Å². The molecule has 0 saturated carbocycles.